The number of ketones is 1. The van der Waals surface area contributed by atoms with Crippen LogP contribution in [0.25, 0.3) is 0 Å². The number of nitrogens with one attached hydrogen (secondary N) is 4. The molecule has 1 aromatic heterocycles. The lowest BCUT2D eigenvalue weighted by atomic mass is 9.95. The van der Waals surface area contributed by atoms with Gasteiger partial charge in [-0.3, -0.25) is 14.4 Å². The van der Waals surface area contributed by atoms with Crippen LogP contribution >= 0.6 is 11.6 Å². The Bertz CT molecular complexity index is 1810. The first-order chi connectivity index (χ1) is 24.8. The number of anilines is 3. The molecule has 3 saturated carbocycles. The van der Waals surface area contributed by atoms with Crippen molar-refractivity contribution in [2.45, 2.75) is 75.2 Å². The van der Waals surface area contributed by atoms with E-state index in [9.17, 15) is 32.3 Å². The van der Waals surface area contributed by atoms with E-state index < -0.39 is 53.9 Å². The molecule has 3 fully saturated rings. The fourth-order valence-electron chi connectivity index (χ4n) is 6.80. The maximum absolute atomic E-state index is 13.1. The molecule has 4 atom stereocenters. The average Bonchev–Trinajstić information content (AvgIpc) is 3.57. The van der Waals surface area contributed by atoms with Gasteiger partial charge in [0, 0.05) is 28.7 Å². The van der Waals surface area contributed by atoms with Crippen molar-refractivity contribution in [2.75, 3.05) is 24.4 Å². The van der Waals surface area contributed by atoms with Gasteiger partial charge < -0.3 is 30.7 Å². The SMILES string of the molecule is COC(=O)[C@H](CCC(=O)C(=O)N[C@@H]1C[C@@H]2CC[C@H]1C2)NC(=O)c1ccc(Nc2nc(NC3(c4ccc(Cl)cc4)CC3)nc(OCC(F)(F)F)n2)cc1. The third kappa shape index (κ3) is 9.26. The minimum absolute atomic E-state index is 0.00710. The summed E-state index contributed by atoms with van der Waals surface area (Å²) >= 11 is 6.03. The Balaban J connectivity index is 1.08. The molecule has 4 N–H and O–H groups in total. The second-order valence-electron chi connectivity index (χ2n) is 13.4. The quantitative estimate of drug-likeness (QED) is 0.119. The number of hydrogen-bond donors (Lipinski definition) is 4. The number of methoxy groups -OCH3 is 1. The molecule has 3 aromatic rings. The highest BCUT2D eigenvalue weighted by Gasteiger charge is 2.45. The first-order valence-electron chi connectivity index (χ1n) is 16.9. The highest BCUT2D eigenvalue weighted by molar-refractivity contribution is 6.36. The van der Waals surface area contributed by atoms with E-state index in [4.69, 9.17) is 21.1 Å². The molecule has 0 aliphatic heterocycles. The summed E-state index contributed by atoms with van der Waals surface area (Å²) in [5, 5.41) is 12.0. The smallest absolute Gasteiger partial charge is 0.422 e. The number of carbonyl (C=O) groups excluding carboxylic acids is 4. The molecular formula is C35H37ClF3N7O6. The van der Waals surface area contributed by atoms with Crippen molar-refractivity contribution in [3.05, 3.63) is 64.7 Å². The summed E-state index contributed by atoms with van der Waals surface area (Å²) in [5.41, 5.74) is 0.864. The number of ether oxygens (including phenoxy) is 2. The fraction of sp³-hybridized carbons (Fsp3) is 0.457. The topological polar surface area (TPSA) is 174 Å². The second kappa shape index (κ2) is 15.3. The maximum Gasteiger partial charge on any atom is 0.422 e. The van der Waals surface area contributed by atoms with Gasteiger partial charge in [0.25, 0.3) is 11.8 Å². The number of carbonyl (C=O) groups is 4. The first kappa shape index (κ1) is 36.8. The number of halogens is 4. The number of esters is 1. The van der Waals surface area contributed by atoms with Crippen molar-refractivity contribution in [1.29, 1.82) is 0 Å². The molecule has 13 nitrogen and oxygen atoms in total. The number of aromatic nitrogens is 3. The van der Waals surface area contributed by atoms with Gasteiger partial charge in [-0.2, -0.15) is 28.1 Å². The Morgan fingerprint density at radius 2 is 1.67 bits per heavy atom. The van der Waals surface area contributed by atoms with Crippen molar-refractivity contribution in [3.63, 3.8) is 0 Å². The molecule has 2 amide bonds. The van der Waals surface area contributed by atoms with E-state index in [0.717, 1.165) is 51.2 Å². The molecule has 2 bridgehead atoms. The van der Waals surface area contributed by atoms with Gasteiger partial charge >= 0.3 is 18.2 Å². The first-order valence-corrected chi connectivity index (χ1v) is 17.3. The van der Waals surface area contributed by atoms with Crippen molar-refractivity contribution in [3.8, 4) is 6.01 Å². The second-order valence-corrected chi connectivity index (χ2v) is 13.8. The van der Waals surface area contributed by atoms with Gasteiger partial charge in [-0.05, 0) is 92.3 Å². The van der Waals surface area contributed by atoms with E-state index in [1.807, 2.05) is 12.1 Å². The van der Waals surface area contributed by atoms with E-state index >= 15 is 0 Å². The van der Waals surface area contributed by atoms with E-state index in [1.54, 1.807) is 12.1 Å². The Hall–Kier alpha value is -4.99. The van der Waals surface area contributed by atoms with Crippen LogP contribution in [0.1, 0.15) is 67.3 Å². The summed E-state index contributed by atoms with van der Waals surface area (Å²) in [6.45, 7) is -1.61. The number of rotatable bonds is 15. The van der Waals surface area contributed by atoms with Gasteiger partial charge in [0.05, 0.1) is 12.6 Å². The monoisotopic (exact) mass is 743 g/mol. The summed E-state index contributed by atoms with van der Waals surface area (Å²) in [7, 11) is 1.15. The average molecular weight is 744 g/mol. The highest BCUT2D eigenvalue weighted by Crippen LogP contribution is 2.48. The molecule has 0 saturated heterocycles. The number of fused-ring (bicyclic) bond motifs is 2. The molecule has 0 radical (unpaired) electrons. The van der Waals surface area contributed by atoms with Crippen molar-refractivity contribution >= 4 is 52.8 Å². The largest absolute Gasteiger partial charge is 0.467 e. The maximum atomic E-state index is 13.1. The Morgan fingerprint density at radius 1 is 0.962 bits per heavy atom. The summed E-state index contributed by atoms with van der Waals surface area (Å²) in [6, 6.07) is 11.2. The number of benzene rings is 2. The minimum Gasteiger partial charge on any atom is -0.467 e. The summed E-state index contributed by atoms with van der Waals surface area (Å²) in [5.74, 6) is -1.95. The lowest BCUT2D eigenvalue weighted by Gasteiger charge is -2.22. The highest BCUT2D eigenvalue weighted by atomic mass is 35.5. The van der Waals surface area contributed by atoms with Gasteiger partial charge in [-0.1, -0.05) is 30.2 Å². The Labute approximate surface area is 301 Å². The minimum atomic E-state index is -4.63. The number of amides is 2. The predicted octanol–water partition coefficient (Wildman–Crippen LogP) is 5.24. The zero-order chi connectivity index (χ0) is 37.0. The lowest BCUT2D eigenvalue weighted by Crippen LogP contribution is -2.44. The summed E-state index contributed by atoms with van der Waals surface area (Å²) in [6.07, 6.45) is 0.524. The van der Waals surface area contributed by atoms with Crippen LogP contribution in [0.2, 0.25) is 5.02 Å². The molecule has 276 valence electrons. The van der Waals surface area contributed by atoms with Gasteiger partial charge in [-0.15, -0.1) is 0 Å². The Kier molecular flexibility index (Phi) is 10.8. The van der Waals surface area contributed by atoms with Crippen LogP contribution < -0.4 is 26.0 Å². The number of nitrogens with zero attached hydrogens (tertiary/aromatic N) is 3. The Morgan fingerprint density at radius 3 is 2.29 bits per heavy atom. The molecule has 3 aliphatic rings. The van der Waals surface area contributed by atoms with Crippen LogP contribution in [-0.4, -0.2) is 70.5 Å². The van der Waals surface area contributed by atoms with Crippen LogP contribution in [-0.2, 0) is 24.7 Å². The molecule has 6 rings (SSSR count). The standard InChI is InChI=1S/C35H37ClF3N7O6/c1-51-30(50)25(12-13-27(47)29(49)42-26-17-19-2-3-21(26)16-19)41-28(48)20-4-10-24(11-5-20)40-31-43-32(45-33(44-31)52-18-35(37,38)39)46-34(14-15-34)22-6-8-23(36)9-7-22/h4-11,19,21,25-26H,2-3,12-18H2,1H3,(H,41,48)(H,42,49)(H2,40,43,44,45,46)/t19-,21+,25+,26-/m1/s1. The molecule has 17 heteroatoms. The summed E-state index contributed by atoms with van der Waals surface area (Å²) in [4.78, 5) is 63.0. The lowest BCUT2D eigenvalue weighted by molar-refractivity contribution is -0.154. The van der Waals surface area contributed by atoms with Crippen LogP contribution in [0, 0.1) is 11.8 Å². The normalized spacial score (nSPS) is 20.4. The molecule has 0 spiro atoms. The van der Waals surface area contributed by atoms with Crippen molar-refractivity contribution < 1.29 is 41.8 Å². The third-order valence-corrected chi connectivity index (χ3v) is 9.89. The summed E-state index contributed by atoms with van der Waals surface area (Å²) < 4.78 is 48.5. The zero-order valence-corrected chi connectivity index (χ0v) is 28.9. The molecular weight excluding hydrogens is 707 g/mol. The van der Waals surface area contributed by atoms with Crippen LogP contribution in [0.3, 0.4) is 0 Å². The van der Waals surface area contributed by atoms with Gasteiger partial charge in [0.1, 0.15) is 6.04 Å². The molecule has 3 aliphatic carbocycles. The number of alkyl halides is 3. The fourth-order valence-corrected chi connectivity index (χ4v) is 6.93. The van der Waals surface area contributed by atoms with E-state index in [2.05, 4.69) is 36.2 Å². The van der Waals surface area contributed by atoms with Crippen LogP contribution in [0.15, 0.2) is 48.5 Å². The molecule has 52 heavy (non-hydrogen) atoms. The number of hydrogen-bond acceptors (Lipinski definition) is 11. The van der Waals surface area contributed by atoms with Gasteiger partial charge in [-0.25, -0.2) is 4.79 Å². The van der Waals surface area contributed by atoms with Crippen molar-refractivity contribution in [1.82, 2.24) is 25.6 Å². The van der Waals surface area contributed by atoms with Crippen molar-refractivity contribution in [2.24, 2.45) is 11.8 Å². The predicted molar refractivity (Wildman–Crippen MR) is 182 cm³/mol. The van der Waals surface area contributed by atoms with Crippen LogP contribution in [0.5, 0.6) is 6.01 Å². The van der Waals surface area contributed by atoms with E-state index in [1.165, 1.54) is 24.3 Å². The van der Waals surface area contributed by atoms with Crippen LogP contribution in [0.4, 0.5) is 30.8 Å². The molecule has 2 aromatic carbocycles. The van der Waals surface area contributed by atoms with E-state index in [-0.39, 0.29) is 36.3 Å². The number of Topliss-reactive ketones (excluding diaryl/α,β-unsaturated/α-hetero) is 1. The van der Waals surface area contributed by atoms with E-state index in [0.29, 0.717) is 22.5 Å². The molecule has 1 heterocycles. The van der Waals surface area contributed by atoms with Gasteiger partial charge in [0.15, 0.2) is 6.61 Å². The van der Waals surface area contributed by atoms with Gasteiger partial charge in [0.2, 0.25) is 17.7 Å². The molecule has 0 unspecified atom stereocenters. The zero-order valence-electron chi connectivity index (χ0n) is 28.1. The third-order valence-electron chi connectivity index (χ3n) is 9.64.